The molecular weight excluding hydrogens is 1280 g/mol. The fraction of sp³-hybridized carbons (Fsp3) is 0.277. The van der Waals surface area contributed by atoms with E-state index in [0.717, 1.165) is 50.5 Å². The predicted molar refractivity (Wildman–Crippen MR) is 382 cm³/mol. The van der Waals surface area contributed by atoms with Gasteiger partial charge in [-0.3, -0.25) is 48.2 Å². The molecule has 18 nitrogen and oxygen atoms in total. The second-order valence-electron chi connectivity index (χ2n) is 27.2. The molecule has 4 saturated heterocycles. The van der Waals surface area contributed by atoms with Crippen LogP contribution in [-0.2, 0) is 58.7 Å². The maximum atomic E-state index is 13.7. The van der Waals surface area contributed by atoms with Crippen LogP contribution in [0.4, 0.5) is 17.1 Å². The summed E-state index contributed by atoms with van der Waals surface area (Å²) in [5.41, 5.74) is 18.8. The molecule has 8 aromatic carbocycles. The molecule has 4 amide bonds. The molecule has 4 N–H and O–H groups in total. The fourth-order valence-electron chi connectivity index (χ4n) is 15.4. The van der Waals surface area contributed by atoms with E-state index in [2.05, 4.69) is 85.7 Å². The number of aryl methyl sites for hydroxylation is 1. The molecule has 8 aromatic rings. The second-order valence-corrected chi connectivity index (χ2v) is 27.2. The molecular formula is C83H82N4O14. The van der Waals surface area contributed by atoms with E-state index in [9.17, 15) is 38.4 Å². The van der Waals surface area contributed by atoms with Crippen LogP contribution in [0.3, 0.4) is 0 Å². The van der Waals surface area contributed by atoms with Gasteiger partial charge in [0.05, 0.1) is 53.0 Å². The Morgan fingerprint density at radius 2 is 0.535 bits per heavy atom. The predicted octanol–water partition coefficient (Wildman–Crippen LogP) is 15.2. The minimum absolute atomic E-state index is 0. The summed E-state index contributed by atoms with van der Waals surface area (Å²) >= 11 is 0. The lowest BCUT2D eigenvalue weighted by molar-refractivity contribution is -0.154. The van der Waals surface area contributed by atoms with Crippen molar-refractivity contribution < 1.29 is 66.8 Å². The molecule has 0 aromatic heterocycles. The van der Waals surface area contributed by atoms with E-state index in [1.807, 2.05) is 140 Å². The van der Waals surface area contributed by atoms with Gasteiger partial charge in [0.1, 0.15) is 46.0 Å². The van der Waals surface area contributed by atoms with Crippen LogP contribution in [0.25, 0.3) is 0 Å². The van der Waals surface area contributed by atoms with E-state index < -0.39 is 94.9 Å². The van der Waals surface area contributed by atoms with Crippen molar-refractivity contribution in [3.05, 3.63) is 246 Å². The Kier molecular flexibility index (Phi) is 19.5. The van der Waals surface area contributed by atoms with E-state index in [-0.39, 0.29) is 56.7 Å². The molecule has 18 rings (SSSR count). The number of cyclic esters (lactones) is 4. The monoisotopic (exact) mass is 1360 g/mol. The quantitative estimate of drug-likeness (QED) is 0.0358. The Morgan fingerprint density at radius 3 is 0.802 bits per heavy atom. The van der Waals surface area contributed by atoms with Gasteiger partial charge in [0, 0.05) is 52.9 Å². The average molecular weight is 1360 g/mol. The molecule has 0 spiro atoms. The van der Waals surface area contributed by atoms with Crippen molar-refractivity contribution in [2.24, 2.45) is 71.0 Å². The van der Waals surface area contributed by atoms with Gasteiger partial charge in [-0.05, 0) is 163 Å². The molecule has 4 heterocycles. The van der Waals surface area contributed by atoms with Crippen molar-refractivity contribution in [2.75, 3.05) is 23.4 Å². The molecule has 6 aliphatic carbocycles. The van der Waals surface area contributed by atoms with Crippen LogP contribution in [0.15, 0.2) is 218 Å². The van der Waals surface area contributed by atoms with E-state index in [0.29, 0.717) is 28.6 Å². The minimum Gasteiger partial charge on any atom is -0.457 e. The first-order chi connectivity index (χ1) is 47.0. The van der Waals surface area contributed by atoms with Crippen LogP contribution < -0.4 is 35.3 Å². The van der Waals surface area contributed by atoms with Gasteiger partial charge in [-0.25, -0.2) is 0 Å². The zero-order valence-electron chi connectivity index (χ0n) is 54.5. The van der Waals surface area contributed by atoms with Gasteiger partial charge in [-0.2, -0.15) is 0 Å². The maximum absolute atomic E-state index is 13.7. The van der Waals surface area contributed by atoms with Crippen molar-refractivity contribution in [3.8, 4) is 46.0 Å². The number of nitrogens with zero attached hydrogens (tertiary/aromatic N) is 2. The number of carbonyl (C=O) groups is 8. The second kappa shape index (κ2) is 27.7. The first-order valence-corrected chi connectivity index (χ1v) is 32.6. The fourth-order valence-corrected chi connectivity index (χ4v) is 15.4. The Bertz CT molecular complexity index is 4320. The third kappa shape index (κ3) is 12.9. The number of nitrogen functional groups attached to an aromatic ring is 2. The van der Waals surface area contributed by atoms with Gasteiger partial charge in [0.25, 0.3) is 0 Å². The van der Waals surface area contributed by atoms with Crippen molar-refractivity contribution in [1.82, 2.24) is 4.90 Å². The summed E-state index contributed by atoms with van der Waals surface area (Å²) in [5.74, 6) is -4.42. The molecule has 518 valence electrons. The standard InChI is InChI=1S/C41H36N2O6.C27H26N2O2.C12H8O6.3CH4/c1-23-5-13-27(14-6-23)48-28-15-7-24(8-16-28)41(2,3)25-9-17-29(18-10-25)49-30-19-11-26(12-20-30)43-39(46)35-31-21-22-32(36(35)40(43)47)34-33(31)37(44)42(4)38(34)45;1-27(2,19-3-11-23(12-4-19)30-25-15-7-21(28)8-16-25)20-5-13-24(14-6-20)31-26-17-9-22(29)10-18-26;13-9-5-3-1-2-4(7(5)11(15)17-9)8-6(3)10(14)18-12(8)16;;;/h5-22,31-36H,1-4H3;3-18H,28-29H2,1-2H3;1-8H;3*1H4. The highest BCUT2D eigenvalue weighted by Gasteiger charge is 2.69. The van der Waals surface area contributed by atoms with Gasteiger partial charge in [-0.1, -0.05) is 141 Å². The normalized spacial score (nSPS) is 24.4. The number of imide groups is 2. The summed E-state index contributed by atoms with van der Waals surface area (Å²) in [6.45, 7) is 10.8. The number of hydrogen-bond acceptors (Lipinski definition) is 16. The Morgan fingerprint density at radius 1 is 0.317 bits per heavy atom. The zero-order chi connectivity index (χ0) is 68.6. The molecule has 4 aliphatic heterocycles. The van der Waals surface area contributed by atoms with Crippen LogP contribution in [0, 0.1) is 77.9 Å². The molecule has 10 atom stereocenters. The van der Waals surface area contributed by atoms with Crippen molar-refractivity contribution >= 4 is 64.6 Å². The van der Waals surface area contributed by atoms with Crippen molar-refractivity contribution in [1.29, 1.82) is 0 Å². The SMILES string of the molecule is C.C.C.CC(C)(c1ccc(Oc2ccc(N)cc2)cc1)c1ccc(Oc2ccc(N)cc2)cc1.Cc1ccc(Oc2ccc(C(C)(C)c3ccc(Oc4ccc(N5C(=O)C6C7C=CC(C8C(=O)N(C)C(=O)C78)C6C5=O)cc4)cc3)cc2)cc1.O=C1OC(=O)C2C3C=CC(C12)C1C(=O)OC(=O)C31. The van der Waals surface area contributed by atoms with Gasteiger partial charge >= 0.3 is 23.9 Å². The minimum atomic E-state index is -0.643. The molecule has 0 radical (unpaired) electrons. The summed E-state index contributed by atoms with van der Waals surface area (Å²) in [6.07, 6.45) is 7.22. The van der Waals surface area contributed by atoms with Gasteiger partial charge < -0.3 is 39.9 Å². The smallest absolute Gasteiger partial charge is 0.318 e. The largest absolute Gasteiger partial charge is 0.457 e. The molecule has 10 unspecified atom stereocenters. The van der Waals surface area contributed by atoms with Crippen molar-refractivity contribution in [2.45, 2.75) is 67.7 Å². The van der Waals surface area contributed by atoms with Crippen LogP contribution >= 0.6 is 0 Å². The molecule has 101 heavy (non-hydrogen) atoms. The number of esters is 4. The highest BCUT2D eigenvalue weighted by atomic mass is 16.6. The van der Waals surface area contributed by atoms with Gasteiger partial charge in [0.15, 0.2) is 0 Å². The number of benzene rings is 8. The summed E-state index contributed by atoms with van der Waals surface area (Å²) in [6, 6.07) is 62.1. The Labute approximate surface area is 587 Å². The maximum Gasteiger partial charge on any atom is 0.318 e. The van der Waals surface area contributed by atoms with Crippen LogP contribution in [-0.4, -0.2) is 59.5 Å². The number of ether oxygens (including phenoxy) is 6. The number of rotatable bonds is 13. The van der Waals surface area contributed by atoms with Gasteiger partial charge in [-0.15, -0.1) is 0 Å². The van der Waals surface area contributed by atoms with Crippen molar-refractivity contribution in [3.63, 3.8) is 0 Å². The number of likely N-dealkylation sites (tertiary alicyclic amines) is 1. The Hall–Kier alpha value is -11.4. The lowest BCUT2D eigenvalue weighted by Gasteiger charge is -2.44. The summed E-state index contributed by atoms with van der Waals surface area (Å²) in [4.78, 5) is 102. The molecule has 6 fully saturated rings. The summed E-state index contributed by atoms with van der Waals surface area (Å²) in [7, 11) is 1.48. The third-order valence-electron chi connectivity index (χ3n) is 20.8. The zero-order valence-corrected chi connectivity index (χ0v) is 54.5. The van der Waals surface area contributed by atoms with Crippen LogP contribution in [0.2, 0.25) is 0 Å². The van der Waals surface area contributed by atoms with E-state index in [1.54, 1.807) is 36.4 Å². The molecule has 2 saturated carbocycles. The number of amides is 4. The molecule has 18 heteroatoms. The number of allylic oxidation sites excluding steroid dienone is 4. The summed E-state index contributed by atoms with van der Waals surface area (Å²) < 4.78 is 33.2. The van der Waals surface area contributed by atoms with E-state index in [4.69, 9.17) is 30.4 Å². The van der Waals surface area contributed by atoms with Crippen LogP contribution in [0.1, 0.15) is 77.8 Å². The van der Waals surface area contributed by atoms with E-state index >= 15 is 0 Å². The topological polar surface area (TPSA) is 250 Å². The number of hydrogen-bond donors (Lipinski definition) is 2. The number of anilines is 3. The Balaban J connectivity index is 0.000000168. The highest BCUT2D eigenvalue weighted by Crippen LogP contribution is 2.59. The highest BCUT2D eigenvalue weighted by molar-refractivity contribution is 6.23. The van der Waals surface area contributed by atoms with E-state index in [1.165, 1.54) is 28.6 Å². The average Bonchev–Trinajstić information content (AvgIpc) is 1.56. The third-order valence-corrected chi connectivity index (χ3v) is 20.8. The first-order valence-electron chi connectivity index (χ1n) is 32.6. The number of carbonyl (C=O) groups excluding carboxylic acids is 8. The summed E-state index contributed by atoms with van der Waals surface area (Å²) in [5, 5.41) is 0. The first kappa shape index (κ1) is 70.9. The van der Waals surface area contributed by atoms with Crippen LogP contribution in [0.5, 0.6) is 46.0 Å². The molecule has 10 aliphatic rings. The number of nitrogens with two attached hydrogens (primary N) is 2. The lowest BCUT2D eigenvalue weighted by atomic mass is 9.54. The molecule has 4 bridgehead atoms. The van der Waals surface area contributed by atoms with Gasteiger partial charge in [0.2, 0.25) is 23.6 Å². The lowest BCUT2D eigenvalue weighted by Crippen LogP contribution is -2.50.